The summed E-state index contributed by atoms with van der Waals surface area (Å²) < 4.78 is 16.7. The van der Waals surface area contributed by atoms with Crippen molar-refractivity contribution in [2.75, 3.05) is 6.61 Å². The van der Waals surface area contributed by atoms with Gasteiger partial charge in [-0.1, -0.05) is 6.58 Å². The monoisotopic (exact) mass is 372 g/mol. The van der Waals surface area contributed by atoms with Crippen LogP contribution in [-0.2, 0) is 9.09 Å². The van der Waals surface area contributed by atoms with Gasteiger partial charge in [0, 0.05) is 5.92 Å². The topological polar surface area (TPSA) is 171 Å². The number of H-pyrrole nitrogens is 1. The van der Waals surface area contributed by atoms with Gasteiger partial charge in [-0.15, -0.1) is 0 Å². The van der Waals surface area contributed by atoms with Crippen molar-refractivity contribution in [3.63, 3.8) is 0 Å². The molecule has 0 radical (unpaired) electrons. The van der Waals surface area contributed by atoms with Crippen molar-refractivity contribution in [2.45, 2.75) is 24.7 Å². The van der Waals surface area contributed by atoms with Crippen molar-refractivity contribution < 1.29 is 29.1 Å². The Balaban J connectivity index is 1.93. The molecule has 0 spiro atoms. The van der Waals surface area contributed by atoms with Crippen LogP contribution in [-0.4, -0.2) is 58.3 Å². The number of phosphoric ester groups is 1. The molecule has 25 heavy (non-hydrogen) atoms. The van der Waals surface area contributed by atoms with Gasteiger partial charge < -0.3 is 29.6 Å². The summed E-state index contributed by atoms with van der Waals surface area (Å²) in [6.07, 6.45) is 0.346. The molecule has 0 saturated heterocycles. The zero-order valence-corrected chi connectivity index (χ0v) is 13.8. The van der Waals surface area contributed by atoms with Crippen LogP contribution < -0.4 is 5.56 Å². The molecule has 1 aliphatic carbocycles. The van der Waals surface area contributed by atoms with Gasteiger partial charge in [0.2, 0.25) is 0 Å². The first-order valence-electron chi connectivity index (χ1n) is 7.37. The van der Waals surface area contributed by atoms with Crippen LogP contribution in [0.2, 0.25) is 0 Å². The molecule has 5 N–H and O–H groups in total. The highest BCUT2D eigenvalue weighted by Crippen LogP contribution is 2.41. The van der Waals surface area contributed by atoms with Crippen molar-refractivity contribution in [3.05, 3.63) is 29.1 Å². The highest BCUT2D eigenvalue weighted by atomic mass is 31.2. The number of fused-ring (bicyclic) bond motifs is 1. The molecule has 0 aliphatic heterocycles. The van der Waals surface area contributed by atoms with Crippen molar-refractivity contribution in [1.29, 1.82) is 0 Å². The fourth-order valence-corrected chi connectivity index (χ4v) is 3.40. The number of phosphoric acid groups is 1. The van der Waals surface area contributed by atoms with Gasteiger partial charge >= 0.3 is 7.82 Å². The third-order valence-electron chi connectivity index (χ3n) is 4.23. The zero-order valence-electron chi connectivity index (χ0n) is 12.9. The number of aromatic nitrogens is 4. The molecule has 1 fully saturated rings. The summed E-state index contributed by atoms with van der Waals surface area (Å²) in [5, 5.41) is 20.4. The molecule has 2 aromatic rings. The van der Waals surface area contributed by atoms with Crippen LogP contribution in [0.3, 0.4) is 0 Å². The SMILES string of the molecule is C=Cc1nc2c(ncn2[C@@H]2C[C@H](COP(=O)(O)O)[C@@H](O)[C@H]2O)c(=O)[nH]1. The molecule has 0 unspecified atom stereocenters. The van der Waals surface area contributed by atoms with E-state index in [1.165, 1.54) is 17.0 Å². The molecule has 1 saturated carbocycles. The Morgan fingerprint density at radius 1 is 1.44 bits per heavy atom. The van der Waals surface area contributed by atoms with Gasteiger partial charge in [0.05, 0.1) is 25.1 Å². The first-order chi connectivity index (χ1) is 11.7. The van der Waals surface area contributed by atoms with Gasteiger partial charge in [0.25, 0.3) is 5.56 Å². The van der Waals surface area contributed by atoms with Crippen LogP contribution >= 0.6 is 7.82 Å². The highest BCUT2D eigenvalue weighted by molar-refractivity contribution is 7.46. The lowest BCUT2D eigenvalue weighted by molar-refractivity contribution is -0.00374. The van der Waals surface area contributed by atoms with E-state index in [4.69, 9.17) is 9.79 Å². The summed E-state index contributed by atoms with van der Waals surface area (Å²) in [4.78, 5) is 40.2. The molecule has 4 atom stereocenters. The maximum atomic E-state index is 12.0. The predicted octanol–water partition coefficient (Wildman–Crippen LogP) is -0.845. The van der Waals surface area contributed by atoms with E-state index in [-0.39, 0.29) is 23.4 Å². The number of aromatic amines is 1. The first-order valence-corrected chi connectivity index (χ1v) is 8.90. The van der Waals surface area contributed by atoms with Gasteiger partial charge in [-0.25, -0.2) is 14.5 Å². The quantitative estimate of drug-likeness (QED) is 0.419. The van der Waals surface area contributed by atoms with Crippen LogP contribution in [0.4, 0.5) is 0 Å². The Bertz CT molecular complexity index is 903. The summed E-state index contributed by atoms with van der Waals surface area (Å²) in [6.45, 7) is 3.12. The van der Waals surface area contributed by atoms with Gasteiger partial charge in [-0.3, -0.25) is 9.32 Å². The van der Waals surface area contributed by atoms with Gasteiger partial charge in [-0.05, 0) is 12.5 Å². The summed E-state index contributed by atoms with van der Waals surface area (Å²) in [5.74, 6) is -0.473. The van der Waals surface area contributed by atoms with E-state index in [0.717, 1.165) is 0 Å². The molecule has 2 heterocycles. The minimum atomic E-state index is -4.68. The van der Waals surface area contributed by atoms with Gasteiger partial charge in [0.15, 0.2) is 11.2 Å². The number of nitrogens with one attached hydrogen (secondary N) is 1. The minimum Gasteiger partial charge on any atom is -0.390 e. The van der Waals surface area contributed by atoms with Crippen LogP contribution in [0.1, 0.15) is 18.3 Å². The summed E-state index contributed by atoms with van der Waals surface area (Å²) in [6, 6.07) is -0.683. The molecule has 0 aromatic carbocycles. The van der Waals surface area contributed by atoms with E-state index >= 15 is 0 Å². The number of aliphatic hydroxyl groups excluding tert-OH is 2. The lowest BCUT2D eigenvalue weighted by Gasteiger charge is -2.18. The van der Waals surface area contributed by atoms with Crippen LogP contribution in [0.5, 0.6) is 0 Å². The lowest BCUT2D eigenvalue weighted by atomic mass is 10.1. The second-order valence-electron chi connectivity index (χ2n) is 5.81. The minimum absolute atomic E-state index is 0.0715. The third-order valence-corrected chi connectivity index (χ3v) is 4.71. The maximum absolute atomic E-state index is 12.0. The average Bonchev–Trinajstić information content (AvgIpc) is 3.08. The predicted molar refractivity (Wildman–Crippen MR) is 85.4 cm³/mol. The van der Waals surface area contributed by atoms with Crippen LogP contribution in [0.15, 0.2) is 17.7 Å². The maximum Gasteiger partial charge on any atom is 0.469 e. The fraction of sp³-hybridized carbons (Fsp3) is 0.462. The number of hydrogen-bond acceptors (Lipinski definition) is 7. The molecule has 136 valence electrons. The van der Waals surface area contributed by atoms with Crippen LogP contribution in [0.25, 0.3) is 17.2 Å². The van der Waals surface area contributed by atoms with Crippen molar-refractivity contribution >= 4 is 25.1 Å². The summed E-state index contributed by atoms with van der Waals surface area (Å²) in [5.41, 5.74) is -0.179. The van der Waals surface area contributed by atoms with Crippen molar-refractivity contribution in [3.8, 4) is 0 Å². The lowest BCUT2D eigenvalue weighted by Crippen LogP contribution is -2.30. The van der Waals surface area contributed by atoms with E-state index < -0.39 is 44.2 Å². The Kier molecular flexibility index (Phi) is 4.62. The molecule has 11 nitrogen and oxygen atoms in total. The zero-order chi connectivity index (χ0) is 18.4. The number of aliphatic hydroxyl groups is 2. The Morgan fingerprint density at radius 2 is 2.16 bits per heavy atom. The van der Waals surface area contributed by atoms with Crippen molar-refractivity contribution in [1.82, 2.24) is 19.5 Å². The van der Waals surface area contributed by atoms with E-state index in [9.17, 15) is 19.6 Å². The summed E-state index contributed by atoms with van der Waals surface area (Å²) >= 11 is 0. The number of rotatable bonds is 5. The molecule has 3 rings (SSSR count). The molecule has 1 aliphatic rings. The Hall–Kier alpha value is -1.88. The van der Waals surface area contributed by atoms with Gasteiger partial charge in [-0.2, -0.15) is 0 Å². The molecule has 12 heteroatoms. The number of hydrogen-bond donors (Lipinski definition) is 5. The second kappa shape index (κ2) is 6.45. The van der Waals surface area contributed by atoms with Crippen molar-refractivity contribution in [2.24, 2.45) is 5.92 Å². The molecule has 0 bridgehead atoms. The van der Waals surface area contributed by atoms with E-state index in [2.05, 4.69) is 26.1 Å². The second-order valence-corrected chi connectivity index (χ2v) is 7.05. The largest absolute Gasteiger partial charge is 0.469 e. The Labute approximate surface area is 140 Å². The third kappa shape index (κ3) is 3.43. The standard InChI is InChI=1S/C13H17N4O7P/c1-2-8-15-12-9(13(20)16-8)14-5-17(12)7-3-6(10(18)11(7)19)4-24-25(21,22)23/h2,5-7,10-11,18-19H,1,3-4H2,(H,15,16,20)(H2,21,22,23)/t6-,7-,10-,11+/m1/s1. The number of nitrogens with zero attached hydrogens (tertiary/aromatic N) is 3. The smallest absolute Gasteiger partial charge is 0.390 e. The first kappa shape index (κ1) is 17.9. The molecule has 0 amide bonds. The number of imidazole rings is 1. The Morgan fingerprint density at radius 3 is 2.80 bits per heavy atom. The normalized spacial score (nSPS) is 27.0. The van der Waals surface area contributed by atoms with Crippen LogP contribution in [0, 0.1) is 5.92 Å². The molecular formula is C13H17N4O7P. The summed E-state index contributed by atoms with van der Waals surface area (Å²) in [7, 11) is -4.68. The van der Waals surface area contributed by atoms with E-state index in [1.54, 1.807) is 0 Å². The van der Waals surface area contributed by atoms with E-state index in [0.29, 0.717) is 0 Å². The van der Waals surface area contributed by atoms with E-state index in [1.807, 2.05) is 0 Å². The fourth-order valence-electron chi connectivity index (χ4n) is 3.02. The highest BCUT2D eigenvalue weighted by Gasteiger charge is 2.43. The average molecular weight is 372 g/mol. The molecular weight excluding hydrogens is 355 g/mol. The van der Waals surface area contributed by atoms with Gasteiger partial charge in [0.1, 0.15) is 11.9 Å². The molecule has 2 aromatic heterocycles.